The Morgan fingerprint density at radius 3 is 2.83 bits per heavy atom. The van der Waals surface area contributed by atoms with Crippen LogP contribution in [0.15, 0.2) is 24.3 Å². The summed E-state index contributed by atoms with van der Waals surface area (Å²) in [4.78, 5) is 16.7. The van der Waals surface area contributed by atoms with E-state index in [-0.39, 0.29) is 5.97 Å². The van der Waals surface area contributed by atoms with Gasteiger partial charge in [-0.3, -0.25) is 9.80 Å². The van der Waals surface area contributed by atoms with Crippen molar-refractivity contribution in [2.24, 2.45) is 0 Å². The van der Waals surface area contributed by atoms with E-state index in [0.717, 1.165) is 39.3 Å². The molecule has 0 bridgehead atoms. The van der Waals surface area contributed by atoms with Crippen LogP contribution in [0.3, 0.4) is 0 Å². The fraction of sp³-hybridized carbons (Fsp3) is 0.632. The maximum atomic E-state index is 11.7. The molecule has 0 amide bonds. The number of benzene rings is 1. The van der Waals surface area contributed by atoms with Gasteiger partial charge in [0.25, 0.3) is 0 Å². The molecule has 1 saturated heterocycles. The number of hydrogen-bond acceptors (Lipinski definition) is 5. The molecule has 1 aliphatic rings. The van der Waals surface area contributed by atoms with Gasteiger partial charge in [-0.1, -0.05) is 25.5 Å². The van der Waals surface area contributed by atoms with Crippen molar-refractivity contribution in [2.75, 3.05) is 47.0 Å². The minimum Gasteiger partial charge on any atom is -0.465 e. The molecule has 5 nitrogen and oxygen atoms in total. The molecule has 5 heteroatoms. The Bertz CT molecular complexity index is 521. The second-order valence-corrected chi connectivity index (χ2v) is 6.40. The molecule has 1 fully saturated rings. The van der Waals surface area contributed by atoms with Crippen molar-refractivity contribution in [1.82, 2.24) is 9.80 Å². The SMILES string of the molecule is CCCC1CN(Cc2cccc(C(=O)OC)c2)CCN1CCOC. The van der Waals surface area contributed by atoms with Gasteiger partial charge in [0.1, 0.15) is 0 Å². The number of carbonyl (C=O) groups is 1. The number of ether oxygens (including phenoxy) is 2. The van der Waals surface area contributed by atoms with Crippen LogP contribution in [-0.2, 0) is 16.0 Å². The first-order chi connectivity index (χ1) is 11.7. The van der Waals surface area contributed by atoms with E-state index < -0.39 is 0 Å². The highest BCUT2D eigenvalue weighted by Gasteiger charge is 2.26. The third-order valence-electron chi connectivity index (χ3n) is 4.65. The summed E-state index contributed by atoms with van der Waals surface area (Å²) in [6.45, 7) is 8.11. The molecule has 1 unspecified atom stereocenters. The molecule has 1 aliphatic heterocycles. The molecule has 1 aromatic rings. The van der Waals surface area contributed by atoms with E-state index in [2.05, 4.69) is 22.8 Å². The van der Waals surface area contributed by atoms with E-state index in [1.807, 2.05) is 12.1 Å². The predicted octanol–water partition coefficient (Wildman–Crippen LogP) is 2.41. The quantitative estimate of drug-likeness (QED) is 0.683. The van der Waals surface area contributed by atoms with Crippen LogP contribution < -0.4 is 0 Å². The van der Waals surface area contributed by atoms with Crippen molar-refractivity contribution >= 4 is 5.97 Å². The van der Waals surface area contributed by atoms with Crippen LogP contribution >= 0.6 is 0 Å². The highest BCUT2D eigenvalue weighted by Crippen LogP contribution is 2.17. The van der Waals surface area contributed by atoms with Gasteiger partial charge >= 0.3 is 5.97 Å². The minimum atomic E-state index is -0.273. The van der Waals surface area contributed by atoms with Crippen molar-refractivity contribution in [3.63, 3.8) is 0 Å². The molecule has 0 radical (unpaired) electrons. The number of rotatable bonds is 8. The minimum absolute atomic E-state index is 0.273. The Balaban J connectivity index is 1.97. The maximum absolute atomic E-state index is 11.7. The topological polar surface area (TPSA) is 42.0 Å². The van der Waals surface area contributed by atoms with E-state index in [1.165, 1.54) is 25.5 Å². The fourth-order valence-corrected chi connectivity index (χ4v) is 3.38. The second kappa shape index (κ2) is 9.77. The van der Waals surface area contributed by atoms with Gasteiger partial charge in [-0.15, -0.1) is 0 Å². The zero-order valence-corrected chi connectivity index (χ0v) is 15.2. The van der Waals surface area contributed by atoms with Crippen LogP contribution in [0.5, 0.6) is 0 Å². The summed E-state index contributed by atoms with van der Waals surface area (Å²) in [6, 6.07) is 8.34. The van der Waals surface area contributed by atoms with E-state index in [1.54, 1.807) is 13.2 Å². The van der Waals surface area contributed by atoms with Crippen LogP contribution in [-0.4, -0.2) is 68.8 Å². The van der Waals surface area contributed by atoms with E-state index in [9.17, 15) is 4.79 Å². The van der Waals surface area contributed by atoms with Crippen molar-refractivity contribution in [3.05, 3.63) is 35.4 Å². The summed E-state index contributed by atoms with van der Waals surface area (Å²) in [6.07, 6.45) is 2.40. The lowest BCUT2D eigenvalue weighted by molar-refractivity contribution is 0.0441. The Morgan fingerprint density at radius 2 is 2.12 bits per heavy atom. The van der Waals surface area contributed by atoms with Crippen LogP contribution in [0.1, 0.15) is 35.7 Å². The molecule has 0 saturated carbocycles. The summed E-state index contributed by atoms with van der Waals surface area (Å²) in [5.41, 5.74) is 1.79. The molecule has 2 rings (SSSR count). The standard InChI is InChI=1S/C19H30N2O3/c1-4-6-18-15-20(9-10-21(18)11-12-23-2)14-16-7-5-8-17(13-16)19(22)24-3/h5,7-8,13,18H,4,6,9-12,14-15H2,1-3H3. The molecule has 0 spiro atoms. The molecular formula is C19H30N2O3. The van der Waals surface area contributed by atoms with Crippen molar-refractivity contribution in [1.29, 1.82) is 0 Å². The molecule has 1 heterocycles. The summed E-state index contributed by atoms with van der Waals surface area (Å²) >= 11 is 0. The molecule has 24 heavy (non-hydrogen) atoms. The number of esters is 1. The maximum Gasteiger partial charge on any atom is 0.337 e. The van der Waals surface area contributed by atoms with Crippen LogP contribution in [0.4, 0.5) is 0 Å². The van der Waals surface area contributed by atoms with Gasteiger partial charge in [0.2, 0.25) is 0 Å². The van der Waals surface area contributed by atoms with Crippen molar-refractivity contribution < 1.29 is 14.3 Å². The molecule has 1 aromatic carbocycles. The average Bonchev–Trinajstić information content (AvgIpc) is 2.61. The summed E-state index contributed by atoms with van der Waals surface area (Å²) < 4.78 is 10.1. The van der Waals surface area contributed by atoms with Gasteiger partial charge in [0.15, 0.2) is 0 Å². The van der Waals surface area contributed by atoms with Gasteiger partial charge in [0.05, 0.1) is 19.3 Å². The zero-order chi connectivity index (χ0) is 17.4. The Hall–Kier alpha value is -1.43. The Morgan fingerprint density at radius 1 is 1.29 bits per heavy atom. The van der Waals surface area contributed by atoms with Gasteiger partial charge in [-0.25, -0.2) is 4.79 Å². The van der Waals surface area contributed by atoms with E-state index >= 15 is 0 Å². The number of carbonyl (C=O) groups excluding carboxylic acids is 1. The summed E-state index contributed by atoms with van der Waals surface area (Å²) in [5.74, 6) is -0.273. The lowest BCUT2D eigenvalue weighted by atomic mass is 10.0. The fourth-order valence-electron chi connectivity index (χ4n) is 3.38. The lowest BCUT2D eigenvalue weighted by Crippen LogP contribution is -2.53. The molecule has 134 valence electrons. The Labute approximate surface area is 145 Å². The first-order valence-electron chi connectivity index (χ1n) is 8.80. The van der Waals surface area contributed by atoms with E-state index in [4.69, 9.17) is 9.47 Å². The summed E-state index contributed by atoms with van der Waals surface area (Å²) in [5, 5.41) is 0. The van der Waals surface area contributed by atoms with Crippen LogP contribution in [0.25, 0.3) is 0 Å². The van der Waals surface area contributed by atoms with Gasteiger partial charge < -0.3 is 9.47 Å². The zero-order valence-electron chi connectivity index (χ0n) is 15.2. The number of hydrogen-bond donors (Lipinski definition) is 0. The predicted molar refractivity (Wildman–Crippen MR) is 95.2 cm³/mol. The normalized spacial score (nSPS) is 19.4. The van der Waals surface area contributed by atoms with Gasteiger partial charge in [-0.05, 0) is 24.1 Å². The van der Waals surface area contributed by atoms with E-state index in [0.29, 0.717) is 11.6 Å². The smallest absolute Gasteiger partial charge is 0.337 e. The second-order valence-electron chi connectivity index (χ2n) is 6.40. The van der Waals surface area contributed by atoms with Gasteiger partial charge in [0, 0.05) is 45.9 Å². The summed E-state index contributed by atoms with van der Waals surface area (Å²) in [7, 11) is 3.18. The van der Waals surface area contributed by atoms with Crippen molar-refractivity contribution in [3.8, 4) is 0 Å². The largest absolute Gasteiger partial charge is 0.465 e. The molecule has 0 aromatic heterocycles. The molecule has 0 N–H and O–H groups in total. The third kappa shape index (κ3) is 5.30. The van der Waals surface area contributed by atoms with Crippen LogP contribution in [0, 0.1) is 0 Å². The molecule has 0 aliphatic carbocycles. The number of methoxy groups -OCH3 is 2. The average molecular weight is 334 g/mol. The highest BCUT2D eigenvalue weighted by atomic mass is 16.5. The third-order valence-corrected chi connectivity index (χ3v) is 4.65. The lowest BCUT2D eigenvalue weighted by Gasteiger charge is -2.41. The van der Waals surface area contributed by atoms with Crippen molar-refractivity contribution in [2.45, 2.75) is 32.4 Å². The Kier molecular flexibility index (Phi) is 7.69. The highest BCUT2D eigenvalue weighted by molar-refractivity contribution is 5.89. The number of nitrogens with zero attached hydrogens (tertiary/aromatic N) is 2. The first-order valence-corrected chi connectivity index (χ1v) is 8.80. The first kappa shape index (κ1) is 18.9. The van der Waals surface area contributed by atoms with Gasteiger partial charge in [-0.2, -0.15) is 0 Å². The monoisotopic (exact) mass is 334 g/mol. The molecular weight excluding hydrogens is 304 g/mol. The number of piperazine rings is 1. The van der Waals surface area contributed by atoms with Crippen LogP contribution in [0.2, 0.25) is 0 Å². The molecule has 1 atom stereocenters.